The Morgan fingerprint density at radius 2 is 1.76 bits per heavy atom. The lowest BCUT2D eigenvalue weighted by Gasteiger charge is -2.17. The van der Waals surface area contributed by atoms with Crippen LogP contribution in [0.4, 0.5) is 0 Å². The summed E-state index contributed by atoms with van der Waals surface area (Å²) in [5.41, 5.74) is 0.783. The molecule has 0 bridgehead atoms. The third kappa shape index (κ3) is 2.96. The lowest BCUT2D eigenvalue weighted by molar-refractivity contribution is 0.194. The van der Waals surface area contributed by atoms with E-state index in [4.69, 9.17) is 25.8 Å². The quantitative estimate of drug-likeness (QED) is 0.883. The van der Waals surface area contributed by atoms with Gasteiger partial charge in [0.25, 0.3) is 0 Å². The summed E-state index contributed by atoms with van der Waals surface area (Å²) in [7, 11) is 4.57. The van der Waals surface area contributed by atoms with Crippen molar-refractivity contribution in [2.75, 3.05) is 21.3 Å². The van der Waals surface area contributed by atoms with Crippen LogP contribution in [0.25, 0.3) is 0 Å². The highest BCUT2D eigenvalue weighted by molar-refractivity contribution is 6.34. The number of hydrogen-bond donors (Lipinski definition) is 1. The van der Waals surface area contributed by atoms with E-state index < -0.39 is 6.10 Å². The highest BCUT2D eigenvalue weighted by Gasteiger charge is 2.19. The fourth-order valence-corrected chi connectivity index (χ4v) is 2.04. The number of aliphatic hydroxyl groups is 1. The molecule has 1 N–H and O–H groups in total. The monoisotopic (exact) mass is 260 g/mol. The van der Waals surface area contributed by atoms with Crippen molar-refractivity contribution in [2.45, 2.75) is 19.4 Å². The van der Waals surface area contributed by atoms with Gasteiger partial charge in [-0.1, -0.05) is 11.6 Å². The smallest absolute Gasteiger partial charge is 0.183 e. The van der Waals surface area contributed by atoms with E-state index in [2.05, 4.69) is 0 Å². The second kappa shape index (κ2) is 5.98. The molecule has 0 aliphatic carbocycles. The number of methoxy groups -OCH3 is 3. The van der Waals surface area contributed by atoms with Gasteiger partial charge in [-0.15, -0.1) is 0 Å². The van der Waals surface area contributed by atoms with Gasteiger partial charge in [-0.05, 0) is 13.0 Å². The van der Waals surface area contributed by atoms with E-state index in [1.807, 2.05) is 0 Å². The summed E-state index contributed by atoms with van der Waals surface area (Å²) in [4.78, 5) is 0. The first-order valence-corrected chi connectivity index (χ1v) is 5.58. The molecule has 17 heavy (non-hydrogen) atoms. The molecule has 0 aliphatic rings. The van der Waals surface area contributed by atoms with Crippen molar-refractivity contribution in [1.82, 2.24) is 0 Å². The normalized spacial score (nSPS) is 12.1. The van der Waals surface area contributed by atoms with Crippen molar-refractivity contribution < 1.29 is 19.3 Å². The van der Waals surface area contributed by atoms with E-state index in [0.29, 0.717) is 28.7 Å². The second-order valence-electron chi connectivity index (χ2n) is 3.67. The lowest BCUT2D eigenvalue weighted by Crippen LogP contribution is -2.07. The number of hydrogen-bond acceptors (Lipinski definition) is 4. The summed E-state index contributed by atoms with van der Waals surface area (Å²) in [6.07, 6.45) is -0.0541. The van der Waals surface area contributed by atoms with E-state index in [-0.39, 0.29) is 0 Å². The molecular weight excluding hydrogens is 244 g/mol. The maximum absolute atomic E-state index is 9.44. The topological polar surface area (TPSA) is 47.9 Å². The molecule has 1 aromatic rings. The van der Waals surface area contributed by atoms with Gasteiger partial charge >= 0.3 is 0 Å². The molecule has 0 saturated heterocycles. The van der Waals surface area contributed by atoms with Gasteiger partial charge in [0, 0.05) is 12.0 Å². The molecule has 5 heteroatoms. The van der Waals surface area contributed by atoms with Gasteiger partial charge in [0.2, 0.25) is 0 Å². The molecule has 0 saturated carbocycles. The summed E-state index contributed by atoms with van der Waals surface area (Å²) in [6.45, 7) is 1.70. The van der Waals surface area contributed by atoms with Gasteiger partial charge < -0.3 is 19.3 Å². The van der Waals surface area contributed by atoms with Gasteiger partial charge in [0.15, 0.2) is 11.5 Å². The number of halogens is 1. The minimum Gasteiger partial charge on any atom is -0.495 e. The van der Waals surface area contributed by atoms with Crippen LogP contribution in [-0.4, -0.2) is 32.5 Å². The Morgan fingerprint density at radius 1 is 1.18 bits per heavy atom. The van der Waals surface area contributed by atoms with Crippen molar-refractivity contribution in [2.24, 2.45) is 0 Å². The van der Waals surface area contributed by atoms with Crippen LogP contribution < -0.4 is 14.2 Å². The molecule has 0 spiro atoms. The highest BCUT2D eigenvalue weighted by Crippen LogP contribution is 2.44. The Balaban J connectivity index is 3.34. The van der Waals surface area contributed by atoms with E-state index in [1.165, 1.54) is 21.3 Å². The molecule has 0 radical (unpaired) electrons. The van der Waals surface area contributed by atoms with Crippen LogP contribution >= 0.6 is 11.6 Å². The van der Waals surface area contributed by atoms with E-state index in [1.54, 1.807) is 13.0 Å². The summed E-state index contributed by atoms with van der Waals surface area (Å²) in [6, 6.07) is 1.76. The molecule has 0 heterocycles. The molecule has 1 atom stereocenters. The first-order chi connectivity index (χ1) is 8.04. The molecular formula is C12H17ClO4. The molecule has 0 aliphatic heterocycles. The van der Waals surface area contributed by atoms with E-state index >= 15 is 0 Å². The minimum absolute atomic E-state index is 0.352. The number of rotatable bonds is 5. The average Bonchev–Trinajstić information content (AvgIpc) is 2.28. The molecule has 1 aromatic carbocycles. The first-order valence-electron chi connectivity index (χ1n) is 5.20. The minimum atomic E-state index is -0.488. The third-order valence-corrected chi connectivity index (χ3v) is 2.71. The van der Waals surface area contributed by atoms with Gasteiger partial charge in [0.05, 0.1) is 27.4 Å². The molecule has 0 aromatic heterocycles. The summed E-state index contributed by atoms with van der Waals surface area (Å²) in [5, 5.41) is 9.79. The number of ether oxygens (including phenoxy) is 3. The van der Waals surface area contributed by atoms with Crippen molar-refractivity contribution in [3.05, 3.63) is 16.7 Å². The molecule has 1 rings (SSSR count). The Hall–Kier alpha value is -1.13. The van der Waals surface area contributed by atoms with Crippen molar-refractivity contribution in [3.8, 4) is 17.2 Å². The second-order valence-corrected chi connectivity index (χ2v) is 4.05. The fraction of sp³-hybridized carbons (Fsp3) is 0.500. The summed E-state index contributed by atoms with van der Waals surface area (Å²) < 4.78 is 15.6. The third-order valence-electron chi connectivity index (χ3n) is 2.36. The lowest BCUT2D eigenvalue weighted by atomic mass is 10.1. The van der Waals surface area contributed by atoms with Crippen LogP contribution in [0.2, 0.25) is 5.02 Å². The Bertz CT molecular complexity index is 391. The SMILES string of the molecule is COc1cc(CC(C)O)c(OC)c(Cl)c1OC. The van der Waals surface area contributed by atoms with Crippen LogP contribution in [0.3, 0.4) is 0 Å². The van der Waals surface area contributed by atoms with Crippen molar-refractivity contribution >= 4 is 11.6 Å². The first kappa shape index (κ1) is 13.9. The zero-order valence-corrected chi connectivity index (χ0v) is 11.2. The molecule has 4 nitrogen and oxygen atoms in total. The largest absolute Gasteiger partial charge is 0.495 e. The zero-order valence-electron chi connectivity index (χ0n) is 10.4. The van der Waals surface area contributed by atoms with Crippen LogP contribution in [-0.2, 0) is 6.42 Å². The van der Waals surface area contributed by atoms with Crippen LogP contribution in [0.5, 0.6) is 17.2 Å². The fourth-order valence-electron chi connectivity index (χ4n) is 1.67. The number of aliphatic hydroxyl groups excluding tert-OH is 1. The molecule has 0 fully saturated rings. The van der Waals surface area contributed by atoms with Gasteiger partial charge in [-0.3, -0.25) is 0 Å². The molecule has 1 unspecified atom stereocenters. The summed E-state index contributed by atoms with van der Waals surface area (Å²) in [5.74, 6) is 1.46. The van der Waals surface area contributed by atoms with Crippen LogP contribution in [0, 0.1) is 0 Å². The van der Waals surface area contributed by atoms with Gasteiger partial charge in [-0.25, -0.2) is 0 Å². The molecule has 96 valence electrons. The molecule has 0 amide bonds. The maximum Gasteiger partial charge on any atom is 0.183 e. The predicted octanol–water partition coefficient (Wildman–Crippen LogP) is 2.29. The van der Waals surface area contributed by atoms with E-state index in [9.17, 15) is 5.11 Å². The Labute approximate surface area is 106 Å². The van der Waals surface area contributed by atoms with Gasteiger partial charge in [-0.2, -0.15) is 0 Å². The van der Waals surface area contributed by atoms with Crippen molar-refractivity contribution in [1.29, 1.82) is 0 Å². The summed E-state index contributed by atoms with van der Waals surface area (Å²) >= 11 is 6.17. The van der Waals surface area contributed by atoms with Crippen LogP contribution in [0.1, 0.15) is 12.5 Å². The van der Waals surface area contributed by atoms with Crippen LogP contribution in [0.15, 0.2) is 6.07 Å². The predicted molar refractivity (Wildman–Crippen MR) is 66.5 cm³/mol. The highest BCUT2D eigenvalue weighted by atomic mass is 35.5. The zero-order chi connectivity index (χ0) is 13.0. The standard InChI is InChI=1S/C12H17ClO4/c1-7(14)5-8-6-9(15-2)12(17-4)10(13)11(8)16-3/h6-7,14H,5H2,1-4H3. The maximum atomic E-state index is 9.44. The number of benzene rings is 1. The Kier molecular flexibility index (Phi) is 4.90. The van der Waals surface area contributed by atoms with Gasteiger partial charge in [0.1, 0.15) is 10.8 Å². The van der Waals surface area contributed by atoms with E-state index in [0.717, 1.165) is 5.56 Å². The average molecular weight is 261 g/mol. The van der Waals surface area contributed by atoms with Crippen molar-refractivity contribution in [3.63, 3.8) is 0 Å². The Morgan fingerprint density at radius 3 is 2.18 bits per heavy atom.